The van der Waals surface area contributed by atoms with Crippen LogP contribution in [0.4, 0.5) is 0 Å². The van der Waals surface area contributed by atoms with E-state index in [-0.39, 0.29) is 5.41 Å². The first-order valence-corrected chi connectivity index (χ1v) is 9.44. The Bertz CT molecular complexity index is 460. The van der Waals surface area contributed by atoms with E-state index in [0.29, 0.717) is 4.75 Å². The van der Waals surface area contributed by atoms with Gasteiger partial charge in [0, 0.05) is 35.2 Å². The summed E-state index contributed by atoms with van der Waals surface area (Å²) in [6.45, 7) is 8.76. The van der Waals surface area contributed by atoms with Crippen molar-refractivity contribution in [3.63, 3.8) is 0 Å². The summed E-state index contributed by atoms with van der Waals surface area (Å²) in [6, 6.07) is 4.33. The van der Waals surface area contributed by atoms with Crippen LogP contribution >= 0.6 is 23.1 Å². The molecule has 1 unspecified atom stereocenters. The first kappa shape index (κ1) is 16.7. The molecule has 2 N–H and O–H groups in total. The second kappa shape index (κ2) is 7.05. The molecule has 2 heterocycles. The quantitative estimate of drug-likeness (QED) is 0.643. The Kier molecular flexibility index (Phi) is 5.60. The second-order valence-corrected chi connectivity index (χ2v) is 9.17. The van der Waals surface area contributed by atoms with Gasteiger partial charge in [-0.25, -0.2) is 0 Å². The summed E-state index contributed by atoms with van der Waals surface area (Å²) in [6.07, 6.45) is 2.63. The molecule has 1 fully saturated rings. The van der Waals surface area contributed by atoms with Crippen molar-refractivity contribution in [3.05, 3.63) is 22.4 Å². The third kappa shape index (κ3) is 4.65. The van der Waals surface area contributed by atoms with Crippen molar-refractivity contribution in [3.8, 4) is 0 Å². The molecule has 1 saturated heterocycles. The minimum absolute atomic E-state index is 0.123. The van der Waals surface area contributed by atoms with Crippen molar-refractivity contribution < 1.29 is 0 Å². The Hall–Kier alpha value is -0.680. The maximum atomic E-state index is 4.35. The van der Waals surface area contributed by atoms with E-state index in [1.807, 2.05) is 18.4 Å². The highest BCUT2D eigenvalue weighted by atomic mass is 32.2. The molecule has 0 aliphatic carbocycles. The average molecular weight is 326 g/mol. The summed E-state index contributed by atoms with van der Waals surface area (Å²) in [5.41, 5.74) is 0.123. The van der Waals surface area contributed by atoms with E-state index in [1.54, 1.807) is 0 Å². The largest absolute Gasteiger partial charge is 0.356 e. The number of hydrogen-bond acceptors (Lipinski definition) is 3. The van der Waals surface area contributed by atoms with Gasteiger partial charge in [-0.1, -0.05) is 19.9 Å². The van der Waals surface area contributed by atoms with Crippen LogP contribution in [0.5, 0.6) is 0 Å². The van der Waals surface area contributed by atoms with Crippen LogP contribution in [0.3, 0.4) is 0 Å². The number of guanidine groups is 1. The number of aliphatic imine (C=N–C) groups is 1. The van der Waals surface area contributed by atoms with E-state index in [9.17, 15) is 0 Å². The standard InChI is InChI=1S/C16H27N3S2/c1-15(2,13-7-5-9-20-13)11-18-14(17-4)19-12-16(3)8-6-10-21-16/h5,7,9H,6,8,10-12H2,1-4H3,(H2,17,18,19). The van der Waals surface area contributed by atoms with Gasteiger partial charge in [0.1, 0.15) is 0 Å². The van der Waals surface area contributed by atoms with Gasteiger partial charge >= 0.3 is 0 Å². The van der Waals surface area contributed by atoms with Crippen LogP contribution in [0, 0.1) is 0 Å². The van der Waals surface area contributed by atoms with Gasteiger partial charge in [-0.15, -0.1) is 11.3 Å². The van der Waals surface area contributed by atoms with Crippen LogP contribution in [0.15, 0.2) is 22.5 Å². The predicted molar refractivity (Wildman–Crippen MR) is 96.8 cm³/mol. The first-order valence-electron chi connectivity index (χ1n) is 7.58. The van der Waals surface area contributed by atoms with E-state index in [1.165, 1.54) is 23.5 Å². The molecule has 2 rings (SSSR count). The predicted octanol–water partition coefficient (Wildman–Crippen LogP) is 3.48. The first-order chi connectivity index (χ1) is 9.95. The highest BCUT2D eigenvalue weighted by Gasteiger charge is 2.29. The summed E-state index contributed by atoms with van der Waals surface area (Å²) >= 11 is 3.89. The van der Waals surface area contributed by atoms with Gasteiger partial charge in [-0.05, 0) is 37.0 Å². The van der Waals surface area contributed by atoms with Gasteiger partial charge in [0.2, 0.25) is 0 Å². The molecule has 1 aromatic rings. The zero-order chi connectivity index (χ0) is 15.3. The van der Waals surface area contributed by atoms with Gasteiger partial charge in [0.15, 0.2) is 5.96 Å². The third-order valence-corrected chi connectivity index (χ3v) is 6.81. The second-order valence-electron chi connectivity index (χ2n) is 6.54. The van der Waals surface area contributed by atoms with Crippen molar-refractivity contribution >= 4 is 29.1 Å². The maximum absolute atomic E-state index is 4.35. The number of thioether (sulfide) groups is 1. The summed E-state index contributed by atoms with van der Waals surface area (Å²) in [5.74, 6) is 2.20. The molecule has 1 aromatic heterocycles. The minimum Gasteiger partial charge on any atom is -0.356 e. The average Bonchev–Trinajstić information content (AvgIpc) is 3.11. The van der Waals surface area contributed by atoms with Crippen LogP contribution < -0.4 is 10.6 Å². The molecule has 3 nitrogen and oxygen atoms in total. The lowest BCUT2D eigenvalue weighted by Gasteiger charge is -2.27. The normalized spacial score (nSPS) is 23.3. The zero-order valence-corrected chi connectivity index (χ0v) is 15.2. The van der Waals surface area contributed by atoms with Crippen LogP contribution in [-0.2, 0) is 5.41 Å². The SMILES string of the molecule is CN=C(NCC1(C)CCCS1)NCC(C)(C)c1cccs1. The minimum atomic E-state index is 0.123. The Labute approximate surface area is 137 Å². The molecule has 1 aliphatic rings. The van der Waals surface area contributed by atoms with E-state index in [4.69, 9.17) is 0 Å². The van der Waals surface area contributed by atoms with E-state index >= 15 is 0 Å². The number of nitrogens with one attached hydrogen (secondary N) is 2. The van der Waals surface area contributed by atoms with E-state index in [0.717, 1.165) is 19.0 Å². The maximum Gasteiger partial charge on any atom is 0.191 e. The van der Waals surface area contributed by atoms with Crippen LogP contribution in [-0.4, -0.2) is 36.6 Å². The van der Waals surface area contributed by atoms with Crippen molar-refractivity contribution in [1.29, 1.82) is 0 Å². The van der Waals surface area contributed by atoms with Crippen molar-refractivity contribution in [2.75, 3.05) is 25.9 Å². The van der Waals surface area contributed by atoms with E-state index < -0.39 is 0 Å². The lowest BCUT2D eigenvalue weighted by Crippen LogP contribution is -2.46. The Morgan fingerprint density at radius 1 is 1.43 bits per heavy atom. The lowest BCUT2D eigenvalue weighted by atomic mass is 9.91. The molecule has 1 atom stereocenters. The fraction of sp³-hybridized carbons (Fsp3) is 0.688. The van der Waals surface area contributed by atoms with Crippen molar-refractivity contribution in [2.45, 2.75) is 43.8 Å². The molecule has 5 heteroatoms. The van der Waals surface area contributed by atoms with Crippen LogP contribution in [0.1, 0.15) is 38.5 Å². The number of thiophene rings is 1. The summed E-state index contributed by atoms with van der Waals surface area (Å²) in [7, 11) is 1.84. The number of hydrogen-bond donors (Lipinski definition) is 2. The molecule has 0 bridgehead atoms. The number of nitrogens with zero attached hydrogens (tertiary/aromatic N) is 1. The molecular formula is C16H27N3S2. The fourth-order valence-electron chi connectivity index (χ4n) is 2.52. The van der Waals surface area contributed by atoms with Crippen LogP contribution in [0.2, 0.25) is 0 Å². The van der Waals surface area contributed by atoms with Gasteiger partial charge < -0.3 is 10.6 Å². The van der Waals surface area contributed by atoms with Gasteiger partial charge in [-0.2, -0.15) is 11.8 Å². The Morgan fingerprint density at radius 3 is 2.81 bits per heavy atom. The summed E-state index contributed by atoms with van der Waals surface area (Å²) in [5, 5.41) is 9.11. The van der Waals surface area contributed by atoms with Crippen molar-refractivity contribution in [1.82, 2.24) is 10.6 Å². The highest BCUT2D eigenvalue weighted by Crippen LogP contribution is 2.36. The molecule has 21 heavy (non-hydrogen) atoms. The zero-order valence-electron chi connectivity index (χ0n) is 13.5. The van der Waals surface area contributed by atoms with Crippen LogP contribution in [0.25, 0.3) is 0 Å². The molecule has 0 saturated carbocycles. The monoisotopic (exact) mass is 325 g/mol. The van der Waals surface area contributed by atoms with Gasteiger partial charge in [0.25, 0.3) is 0 Å². The molecule has 0 spiro atoms. The highest BCUT2D eigenvalue weighted by molar-refractivity contribution is 8.00. The van der Waals surface area contributed by atoms with Gasteiger partial charge in [-0.3, -0.25) is 4.99 Å². The molecule has 118 valence electrons. The topological polar surface area (TPSA) is 36.4 Å². The molecule has 0 aromatic carbocycles. The summed E-state index contributed by atoms with van der Waals surface area (Å²) in [4.78, 5) is 5.76. The van der Waals surface area contributed by atoms with E-state index in [2.05, 4.69) is 65.7 Å². The molecule has 0 amide bonds. The fourth-order valence-corrected chi connectivity index (χ4v) is 4.62. The Balaban J connectivity index is 1.83. The van der Waals surface area contributed by atoms with Gasteiger partial charge in [0.05, 0.1) is 0 Å². The smallest absolute Gasteiger partial charge is 0.191 e. The molecular weight excluding hydrogens is 298 g/mol. The Morgan fingerprint density at radius 2 is 2.24 bits per heavy atom. The lowest BCUT2D eigenvalue weighted by molar-refractivity contribution is 0.514. The summed E-state index contributed by atoms with van der Waals surface area (Å²) < 4.78 is 0.362. The molecule has 1 aliphatic heterocycles. The third-order valence-electron chi connectivity index (χ3n) is 4.04. The van der Waals surface area contributed by atoms with Crippen molar-refractivity contribution in [2.24, 2.45) is 4.99 Å². The number of rotatable bonds is 5. The molecule has 0 radical (unpaired) electrons.